The second-order valence-corrected chi connectivity index (χ2v) is 7.39. The maximum Gasteiger partial charge on any atom is 0.417 e. The minimum absolute atomic E-state index is 0.380. The van der Waals surface area contributed by atoms with Crippen LogP contribution in [0.2, 0.25) is 0 Å². The molecule has 2 fully saturated rings. The van der Waals surface area contributed by atoms with Crippen molar-refractivity contribution < 1.29 is 22.6 Å². The van der Waals surface area contributed by atoms with Crippen molar-refractivity contribution in [3.8, 4) is 0 Å². The van der Waals surface area contributed by atoms with Gasteiger partial charge in [-0.1, -0.05) is 0 Å². The fourth-order valence-electron chi connectivity index (χ4n) is 2.89. The third-order valence-corrected chi connectivity index (χ3v) is 5.25. The number of ether oxygens (including phenoxy) is 2. The number of nitrogens with zero attached hydrogens (tertiary/aromatic N) is 6. The Morgan fingerprint density at radius 3 is 1.83 bits per heavy atom. The molecule has 156 valence electrons. The average molecular weight is 428 g/mol. The molecule has 2 aromatic heterocycles. The molecule has 0 bridgehead atoms. The van der Waals surface area contributed by atoms with E-state index in [-0.39, 0.29) is 0 Å². The number of anilines is 2. The predicted molar refractivity (Wildman–Crippen MR) is 99.3 cm³/mol. The van der Waals surface area contributed by atoms with Crippen LogP contribution < -0.4 is 9.80 Å². The van der Waals surface area contributed by atoms with Gasteiger partial charge in [-0.15, -0.1) is 0 Å². The van der Waals surface area contributed by atoms with Gasteiger partial charge in [-0.2, -0.15) is 28.1 Å². The number of rotatable bonds is 4. The number of halogens is 3. The van der Waals surface area contributed by atoms with Crippen LogP contribution in [0.15, 0.2) is 28.5 Å². The number of pyridine rings is 1. The smallest absolute Gasteiger partial charge is 0.378 e. The van der Waals surface area contributed by atoms with Crippen LogP contribution >= 0.6 is 11.8 Å². The molecule has 29 heavy (non-hydrogen) atoms. The van der Waals surface area contributed by atoms with E-state index < -0.39 is 11.7 Å². The SMILES string of the molecule is FC(F)(F)c1ccc(Sc2nc(N3CCOCC3)nc(N3CCOCC3)n2)nc1. The first kappa shape index (κ1) is 20.1. The molecule has 0 aliphatic carbocycles. The van der Waals surface area contributed by atoms with E-state index in [0.29, 0.717) is 74.7 Å². The van der Waals surface area contributed by atoms with Crippen LogP contribution in [-0.4, -0.2) is 72.5 Å². The molecule has 12 heteroatoms. The van der Waals surface area contributed by atoms with Crippen LogP contribution in [0.5, 0.6) is 0 Å². The van der Waals surface area contributed by atoms with E-state index in [1.54, 1.807) is 0 Å². The van der Waals surface area contributed by atoms with Crippen LogP contribution in [0.4, 0.5) is 25.1 Å². The molecular weight excluding hydrogens is 409 g/mol. The molecule has 0 N–H and O–H groups in total. The van der Waals surface area contributed by atoms with Gasteiger partial charge in [-0.25, -0.2) is 4.98 Å². The summed E-state index contributed by atoms with van der Waals surface area (Å²) < 4.78 is 49.0. The monoisotopic (exact) mass is 428 g/mol. The van der Waals surface area contributed by atoms with Gasteiger partial charge in [-0.3, -0.25) is 0 Å². The summed E-state index contributed by atoms with van der Waals surface area (Å²) in [5.41, 5.74) is -0.791. The molecule has 0 spiro atoms. The van der Waals surface area contributed by atoms with Crippen LogP contribution in [0.3, 0.4) is 0 Å². The van der Waals surface area contributed by atoms with Gasteiger partial charge in [0.2, 0.25) is 17.1 Å². The highest BCUT2D eigenvalue weighted by Crippen LogP contribution is 2.31. The highest BCUT2D eigenvalue weighted by atomic mass is 32.2. The lowest BCUT2D eigenvalue weighted by molar-refractivity contribution is -0.137. The topological polar surface area (TPSA) is 76.5 Å². The van der Waals surface area contributed by atoms with Gasteiger partial charge < -0.3 is 19.3 Å². The van der Waals surface area contributed by atoms with Gasteiger partial charge >= 0.3 is 6.18 Å². The summed E-state index contributed by atoms with van der Waals surface area (Å²) in [4.78, 5) is 21.6. The zero-order valence-corrected chi connectivity index (χ0v) is 16.2. The summed E-state index contributed by atoms with van der Waals surface area (Å²) in [5.74, 6) is 1.05. The zero-order valence-electron chi connectivity index (χ0n) is 15.4. The summed E-state index contributed by atoms with van der Waals surface area (Å²) in [6, 6.07) is 2.32. The van der Waals surface area contributed by atoms with E-state index in [4.69, 9.17) is 9.47 Å². The molecule has 0 unspecified atom stereocenters. The molecule has 0 amide bonds. The van der Waals surface area contributed by atoms with Crippen molar-refractivity contribution in [2.75, 3.05) is 62.4 Å². The van der Waals surface area contributed by atoms with Crippen LogP contribution in [0, 0.1) is 0 Å². The van der Waals surface area contributed by atoms with Crippen LogP contribution in [-0.2, 0) is 15.7 Å². The molecule has 4 heterocycles. The van der Waals surface area contributed by atoms with E-state index in [1.165, 1.54) is 6.07 Å². The first-order valence-electron chi connectivity index (χ1n) is 9.11. The minimum atomic E-state index is -4.42. The summed E-state index contributed by atoms with van der Waals surface area (Å²) in [7, 11) is 0. The second kappa shape index (κ2) is 8.67. The predicted octanol–water partition coefficient (Wildman–Crippen LogP) is 2.11. The van der Waals surface area contributed by atoms with Gasteiger partial charge in [0.05, 0.1) is 32.0 Å². The zero-order chi connectivity index (χ0) is 20.3. The van der Waals surface area contributed by atoms with Crippen molar-refractivity contribution in [1.29, 1.82) is 0 Å². The molecule has 0 saturated carbocycles. The molecule has 2 saturated heterocycles. The Morgan fingerprint density at radius 1 is 0.828 bits per heavy atom. The molecule has 8 nitrogen and oxygen atoms in total. The summed E-state index contributed by atoms with van der Waals surface area (Å²) >= 11 is 1.11. The van der Waals surface area contributed by atoms with Crippen molar-refractivity contribution in [2.24, 2.45) is 0 Å². The number of aromatic nitrogens is 4. The summed E-state index contributed by atoms with van der Waals surface area (Å²) in [6.45, 7) is 4.99. The Morgan fingerprint density at radius 2 is 1.38 bits per heavy atom. The van der Waals surface area contributed by atoms with Crippen LogP contribution in [0.1, 0.15) is 5.56 Å². The molecule has 0 aromatic carbocycles. The van der Waals surface area contributed by atoms with Gasteiger partial charge in [-0.05, 0) is 23.9 Å². The normalized spacial score (nSPS) is 18.2. The lowest BCUT2D eigenvalue weighted by atomic mass is 10.3. The van der Waals surface area contributed by atoms with E-state index in [9.17, 15) is 13.2 Å². The van der Waals surface area contributed by atoms with Crippen molar-refractivity contribution in [3.05, 3.63) is 23.9 Å². The Hall–Kier alpha value is -2.18. The number of morpholine rings is 2. The van der Waals surface area contributed by atoms with Gasteiger partial charge in [0, 0.05) is 32.4 Å². The van der Waals surface area contributed by atoms with E-state index in [1.807, 2.05) is 9.80 Å². The fraction of sp³-hybridized carbons (Fsp3) is 0.529. The number of hydrogen-bond donors (Lipinski definition) is 0. The van der Waals surface area contributed by atoms with E-state index in [2.05, 4.69) is 19.9 Å². The van der Waals surface area contributed by atoms with Crippen molar-refractivity contribution >= 4 is 23.7 Å². The molecule has 2 aliphatic rings. The lowest BCUT2D eigenvalue weighted by Gasteiger charge is -2.30. The first-order chi connectivity index (χ1) is 14.0. The Bertz CT molecular complexity index is 791. The Balaban J connectivity index is 1.60. The van der Waals surface area contributed by atoms with Crippen molar-refractivity contribution in [3.63, 3.8) is 0 Å². The maximum atomic E-state index is 12.8. The van der Waals surface area contributed by atoms with Gasteiger partial charge in [0.1, 0.15) is 5.03 Å². The standard InChI is InChI=1S/C17H19F3N6O2S/c18-17(19,20)12-1-2-13(21-11-12)29-16-23-14(25-3-7-27-8-4-25)22-15(24-16)26-5-9-28-10-6-26/h1-2,11H,3-10H2. The summed E-state index contributed by atoms with van der Waals surface area (Å²) in [5, 5.41) is 0.764. The number of alkyl halides is 3. The Kier molecular flexibility index (Phi) is 6.01. The molecule has 0 atom stereocenters. The Labute approximate surface area is 169 Å². The second-order valence-electron chi connectivity index (χ2n) is 6.40. The third kappa shape index (κ3) is 5.06. The van der Waals surface area contributed by atoms with Gasteiger partial charge in [0.15, 0.2) is 0 Å². The first-order valence-corrected chi connectivity index (χ1v) is 9.93. The average Bonchev–Trinajstić information content (AvgIpc) is 2.74. The highest BCUT2D eigenvalue weighted by molar-refractivity contribution is 7.99. The van der Waals surface area contributed by atoms with Crippen molar-refractivity contribution in [1.82, 2.24) is 19.9 Å². The number of hydrogen-bond acceptors (Lipinski definition) is 9. The van der Waals surface area contributed by atoms with Crippen LogP contribution in [0.25, 0.3) is 0 Å². The molecule has 2 aliphatic heterocycles. The lowest BCUT2D eigenvalue weighted by Crippen LogP contribution is -2.40. The third-order valence-electron chi connectivity index (χ3n) is 4.44. The van der Waals surface area contributed by atoms with E-state index in [0.717, 1.165) is 24.0 Å². The molecule has 2 aromatic rings. The van der Waals surface area contributed by atoms with Crippen molar-refractivity contribution in [2.45, 2.75) is 16.4 Å². The quantitative estimate of drug-likeness (QED) is 0.728. The van der Waals surface area contributed by atoms with Gasteiger partial charge in [0.25, 0.3) is 0 Å². The summed E-state index contributed by atoms with van der Waals surface area (Å²) in [6.07, 6.45) is -3.61. The minimum Gasteiger partial charge on any atom is -0.378 e. The molecular formula is C17H19F3N6O2S. The highest BCUT2D eigenvalue weighted by Gasteiger charge is 2.30. The fourth-order valence-corrected chi connectivity index (χ4v) is 3.58. The molecule has 0 radical (unpaired) electrons. The maximum absolute atomic E-state index is 12.8. The largest absolute Gasteiger partial charge is 0.417 e. The van der Waals surface area contributed by atoms with E-state index >= 15 is 0 Å². The molecule has 4 rings (SSSR count).